The molecule has 0 saturated heterocycles. The molecule has 0 radical (unpaired) electrons. The fourth-order valence-electron chi connectivity index (χ4n) is 3.16. The molecular weight excluding hydrogens is 260 g/mol. The van der Waals surface area contributed by atoms with E-state index in [1.165, 1.54) is 12.0 Å². The highest BCUT2D eigenvalue weighted by molar-refractivity contribution is 5.86. The zero-order valence-electron chi connectivity index (χ0n) is 12.1. The number of hydrogen-bond acceptors (Lipinski definition) is 3. The van der Waals surface area contributed by atoms with Crippen molar-refractivity contribution in [2.45, 2.75) is 31.7 Å². The van der Waals surface area contributed by atoms with Crippen molar-refractivity contribution in [1.82, 2.24) is 4.98 Å². The Morgan fingerprint density at radius 3 is 2.52 bits per heavy atom. The van der Waals surface area contributed by atoms with E-state index >= 15 is 0 Å². The molecule has 0 aliphatic heterocycles. The highest BCUT2D eigenvalue weighted by Gasteiger charge is 2.34. The van der Waals surface area contributed by atoms with E-state index in [0.29, 0.717) is 0 Å². The third-order valence-electron chi connectivity index (χ3n) is 4.71. The Balaban J connectivity index is 1.76. The van der Waals surface area contributed by atoms with Gasteiger partial charge in [0.1, 0.15) is 5.76 Å². The van der Waals surface area contributed by atoms with Gasteiger partial charge in [-0.2, -0.15) is 0 Å². The summed E-state index contributed by atoms with van der Waals surface area (Å²) in [5.74, 6) is 0.921. The highest BCUT2D eigenvalue weighted by atomic mass is 16.3. The molecule has 0 bridgehead atoms. The van der Waals surface area contributed by atoms with Crippen LogP contribution in [-0.2, 0) is 5.54 Å². The topological polar surface area (TPSA) is 52.0 Å². The summed E-state index contributed by atoms with van der Waals surface area (Å²) in [6.45, 7) is 2.09. The number of benzene rings is 1. The van der Waals surface area contributed by atoms with Crippen molar-refractivity contribution in [1.29, 1.82) is 0 Å². The van der Waals surface area contributed by atoms with Crippen LogP contribution in [0.2, 0.25) is 0 Å². The molecule has 2 N–H and O–H groups in total. The molecule has 3 aromatic rings. The largest absolute Gasteiger partial charge is 0.454 e. The molecule has 0 unspecified atom stereocenters. The van der Waals surface area contributed by atoms with Gasteiger partial charge in [-0.05, 0) is 37.8 Å². The van der Waals surface area contributed by atoms with Gasteiger partial charge in [0.05, 0.1) is 6.20 Å². The lowest BCUT2D eigenvalue weighted by Crippen LogP contribution is -2.43. The second-order valence-electron chi connectivity index (χ2n) is 6.02. The van der Waals surface area contributed by atoms with Crippen LogP contribution >= 0.6 is 0 Å². The molecule has 2 heterocycles. The Morgan fingerprint density at radius 1 is 1.14 bits per heavy atom. The zero-order chi connectivity index (χ0) is 14.4. The Labute approximate surface area is 123 Å². The predicted molar refractivity (Wildman–Crippen MR) is 83.9 cm³/mol. The Bertz CT molecular complexity index is 798. The molecule has 1 aliphatic rings. The van der Waals surface area contributed by atoms with Gasteiger partial charge < -0.3 is 10.2 Å². The van der Waals surface area contributed by atoms with E-state index in [4.69, 9.17) is 10.2 Å². The van der Waals surface area contributed by atoms with Gasteiger partial charge in [-0.3, -0.25) is 4.98 Å². The maximum atomic E-state index is 6.37. The standard InChI is InChI=1S/C18H18N2O/c1-12-15-7-10-20-11-16(15)21-17(12)13-3-5-14(6-4-13)18(19)8-2-9-18/h3-7,10-11H,2,8-9,19H2,1H3. The maximum absolute atomic E-state index is 6.37. The SMILES string of the molecule is Cc1c(-c2ccc(C3(N)CCC3)cc2)oc2cnccc12. The Kier molecular flexibility index (Phi) is 2.66. The van der Waals surface area contributed by atoms with E-state index in [2.05, 4.69) is 36.2 Å². The first-order valence-electron chi connectivity index (χ1n) is 7.40. The summed E-state index contributed by atoms with van der Waals surface area (Å²) < 4.78 is 5.96. The summed E-state index contributed by atoms with van der Waals surface area (Å²) in [7, 11) is 0. The molecule has 2 aromatic heterocycles. The van der Waals surface area contributed by atoms with E-state index < -0.39 is 0 Å². The average molecular weight is 278 g/mol. The molecule has 3 nitrogen and oxygen atoms in total. The number of nitrogens with two attached hydrogens (primary N) is 1. The molecule has 1 saturated carbocycles. The molecule has 3 heteroatoms. The highest BCUT2D eigenvalue weighted by Crippen LogP contribution is 2.40. The van der Waals surface area contributed by atoms with E-state index in [0.717, 1.165) is 40.7 Å². The van der Waals surface area contributed by atoms with Crippen LogP contribution in [0, 0.1) is 6.92 Å². The van der Waals surface area contributed by atoms with Crippen molar-refractivity contribution < 1.29 is 4.42 Å². The Morgan fingerprint density at radius 2 is 1.90 bits per heavy atom. The molecule has 0 spiro atoms. The van der Waals surface area contributed by atoms with Crippen LogP contribution in [0.25, 0.3) is 22.3 Å². The number of fused-ring (bicyclic) bond motifs is 1. The second-order valence-corrected chi connectivity index (χ2v) is 6.02. The first kappa shape index (κ1) is 12.6. The number of furan rings is 1. The van der Waals surface area contributed by atoms with Gasteiger partial charge in [-0.15, -0.1) is 0 Å². The molecule has 0 amide bonds. The maximum Gasteiger partial charge on any atom is 0.153 e. The molecule has 4 rings (SSSR count). The van der Waals surface area contributed by atoms with Gasteiger partial charge >= 0.3 is 0 Å². The molecule has 21 heavy (non-hydrogen) atoms. The van der Waals surface area contributed by atoms with Gasteiger partial charge in [0.2, 0.25) is 0 Å². The molecule has 106 valence electrons. The van der Waals surface area contributed by atoms with Crippen LogP contribution in [-0.4, -0.2) is 4.98 Å². The molecule has 0 atom stereocenters. The number of nitrogens with zero attached hydrogens (tertiary/aromatic N) is 1. The van der Waals surface area contributed by atoms with Crippen LogP contribution in [0.1, 0.15) is 30.4 Å². The predicted octanol–water partition coefficient (Wildman–Crippen LogP) is 4.14. The number of hydrogen-bond donors (Lipinski definition) is 1. The first-order valence-corrected chi connectivity index (χ1v) is 7.40. The minimum absolute atomic E-state index is 0.106. The summed E-state index contributed by atoms with van der Waals surface area (Å²) in [5, 5.41) is 1.12. The lowest BCUT2D eigenvalue weighted by molar-refractivity contribution is 0.253. The quantitative estimate of drug-likeness (QED) is 0.766. The Hall–Kier alpha value is -2.13. The molecule has 1 aromatic carbocycles. The van der Waals surface area contributed by atoms with Crippen molar-refractivity contribution in [2.24, 2.45) is 5.73 Å². The van der Waals surface area contributed by atoms with Crippen molar-refractivity contribution in [3.63, 3.8) is 0 Å². The van der Waals surface area contributed by atoms with E-state index in [1.54, 1.807) is 12.4 Å². The third kappa shape index (κ3) is 1.88. The van der Waals surface area contributed by atoms with Gasteiger partial charge in [0.15, 0.2) is 5.58 Å². The van der Waals surface area contributed by atoms with Crippen molar-refractivity contribution in [3.8, 4) is 11.3 Å². The molecule has 1 fully saturated rings. The van der Waals surface area contributed by atoms with E-state index in [1.807, 2.05) is 6.07 Å². The third-order valence-corrected chi connectivity index (χ3v) is 4.71. The first-order chi connectivity index (χ1) is 10.2. The second kappa shape index (κ2) is 4.43. The number of rotatable bonds is 2. The summed E-state index contributed by atoms with van der Waals surface area (Å²) in [5.41, 5.74) is 10.6. The minimum atomic E-state index is -0.106. The van der Waals surface area contributed by atoms with Gasteiger partial charge in [-0.25, -0.2) is 0 Å². The summed E-state index contributed by atoms with van der Waals surface area (Å²) in [6.07, 6.45) is 6.97. The zero-order valence-corrected chi connectivity index (χ0v) is 12.1. The van der Waals surface area contributed by atoms with Crippen LogP contribution in [0.3, 0.4) is 0 Å². The van der Waals surface area contributed by atoms with Crippen molar-refractivity contribution in [3.05, 3.63) is 53.9 Å². The van der Waals surface area contributed by atoms with Gasteiger partial charge in [0, 0.05) is 28.2 Å². The summed E-state index contributed by atoms with van der Waals surface area (Å²) in [4.78, 5) is 4.12. The fraction of sp³-hybridized carbons (Fsp3) is 0.278. The normalized spacial score (nSPS) is 16.9. The van der Waals surface area contributed by atoms with Crippen LogP contribution < -0.4 is 5.73 Å². The summed E-state index contributed by atoms with van der Waals surface area (Å²) in [6, 6.07) is 10.5. The summed E-state index contributed by atoms with van der Waals surface area (Å²) >= 11 is 0. The van der Waals surface area contributed by atoms with Crippen molar-refractivity contribution in [2.75, 3.05) is 0 Å². The van der Waals surface area contributed by atoms with Crippen LogP contribution in [0.4, 0.5) is 0 Å². The van der Waals surface area contributed by atoms with E-state index in [9.17, 15) is 0 Å². The van der Waals surface area contributed by atoms with Crippen molar-refractivity contribution >= 4 is 11.0 Å². The number of aryl methyl sites for hydroxylation is 1. The number of pyridine rings is 1. The lowest BCUT2D eigenvalue weighted by Gasteiger charge is -2.38. The van der Waals surface area contributed by atoms with Crippen LogP contribution in [0.15, 0.2) is 47.1 Å². The van der Waals surface area contributed by atoms with E-state index in [-0.39, 0.29) is 5.54 Å². The van der Waals surface area contributed by atoms with Crippen LogP contribution in [0.5, 0.6) is 0 Å². The van der Waals surface area contributed by atoms with Gasteiger partial charge in [0.25, 0.3) is 0 Å². The smallest absolute Gasteiger partial charge is 0.153 e. The molecule has 1 aliphatic carbocycles. The molecular formula is C18H18N2O. The number of aromatic nitrogens is 1. The lowest BCUT2D eigenvalue weighted by atomic mass is 9.72. The fourth-order valence-corrected chi connectivity index (χ4v) is 3.16. The minimum Gasteiger partial charge on any atom is -0.454 e. The average Bonchev–Trinajstić information content (AvgIpc) is 2.83. The van der Waals surface area contributed by atoms with Gasteiger partial charge in [-0.1, -0.05) is 24.3 Å². The monoisotopic (exact) mass is 278 g/mol.